The monoisotopic (exact) mass is 255 g/mol. The highest BCUT2D eigenvalue weighted by molar-refractivity contribution is 5.73. The molecular formula is C11H8F3N3O. The average Bonchev–Trinajstić information content (AvgIpc) is 2.28. The Morgan fingerprint density at radius 2 is 2.00 bits per heavy atom. The number of benzene rings is 1. The van der Waals surface area contributed by atoms with E-state index in [0.29, 0.717) is 0 Å². The van der Waals surface area contributed by atoms with Crippen LogP contribution in [0.3, 0.4) is 0 Å². The summed E-state index contributed by atoms with van der Waals surface area (Å²) in [5, 5.41) is 0. The van der Waals surface area contributed by atoms with Crippen molar-refractivity contribution in [3.63, 3.8) is 0 Å². The lowest BCUT2D eigenvalue weighted by molar-refractivity contribution is -0.137. The Bertz CT molecular complexity index is 634. The van der Waals surface area contributed by atoms with Gasteiger partial charge in [-0.1, -0.05) is 12.1 Å². The largest absolute Gasteiger partial charge is 0.416 e. The van der Waals surface area contributed by atoms with E-state index in [2.05, 4.69) is 9.97 Å². The summed E-state index contributed by atoms with van der Waals surface area (Å²) in [5.41, 5.74) is 4.59. The van der Waals surface area contributed by atoms with Crippen LogP contribution in [0.5, 0.6) is 0 Å². The van der Waals surface area contributed by atoms with E-state index in [0.717, 1.165) is 18.3 Å². The summed E-state index contributed by atoms with van der Waals surface area (Å²) in [6, 6.07) is 4.63. The van der Waals surface area contributed by atoms with E-state index in [1.165, 1.54) is 12.1 Å². The molecule has 3 N–H and O–H groups in total. The lowest BCUT2D eigenvalue weighted by Gasteiger charge is -2.09. The number of alkyl halides is 3. The molecule has 0 amide bonds. The van der Waals surface area contributed by atoms with Crippen molar-refractivity contribution in [1.82, 2.24) is 9.97 Å². The zero-order valence-corrected chi connectivity index (χ0v) is 8.95. The third-order valence-corrected chi connectivity index (χ3v) is 2.34. The molecule has 1 aromatic carbocycles. The molecular weight excluding hydrogens is 247 g/mol. The zero-order chi connectivity index (χ0) is 13.3. The van der Waals surface area contributed by atoms with E-state index >= 15 is 0 Å². The smallest absolute Gasteiger partial charge is 0.385 e. The van der Waals surface area contributed by atoms with Gasteiger partial charge in [-0.15, -0.1) is 0 Å². The number of rotatable bonds is 1. The van der Waals surface area contributed by atoms with Crippen molar-refractivity contribution in [2.45, 2.75) is 6.18 Å². The number of aromatic amines is 1. The molecule has 0 unspecified atom stereocenters. The maximum Gasteiger partial charge on any atom is 0.416 e. The van der Waals surface area contributed by atoms with Gasteiger partial charge < -0.3 is 5.73 Å². The van der Waals surface area contributed by atoms with Gasteiger partial charge >= 0.3 is 11.9 Å². The van der Waals surface area contributed by atoms with Crippen LogP contribution in [0, 0.1) is 0 Å². The van der Waals surface area contributed by atoms with Crippen LogP contribution in [0.1, 0.15) is 5.56 Å². The molecule has 2 rings (SSSR count). The van der Waals surface area contributed by atoms with Gasteiger partial charge in [0.25, 0.3) is 0 Å². The first-order valence-corrected chi connectivity index (χ1v) is 4.90. The standard InChI is InChI=1S/C11H8F3N3O/c12-11(13,14)7-3-1-2-6(4-7)8-5-16-10(18)17-9(8)15/h1-5H,(H3,15,16,17,18). The Hall–Kier alpha value is -2.31. The first-order chi connectivity index (χ1) is 8.38. The maximum absolute atomic E-state index is 12.5. The highest BCUT2D eigenvalue weighted by Crippen LogP contribution is 2.32. The van der Waals surface area contributed by atoms with Crippen molar-refractivity contribution in [2.75, 3.05) is 5.73 Å². The van der Waals surface area contributed by atoms with Crippen LogP contribution in [-0.2, 0) is 6.18 Å². The number of nitrogen functional groups attached to an aromatic ring is 1. The summed E-state index contributed by atoms with van der Waals surface area (Å²) in [4.78, 5) is 16.5. The molecule has 0 atom stereocenters. The third-order valence-electron chi connectivity index (χ3n) is 2.34. The van der Waals surface area contributed by atoms with Gasteiger partial charge in [0.05, 0.1) is 5.56 Å². The molecule has 18 heavy (non-hydrogen) atoms. The van der Waals surface area contributed by atoms with Crippen LogP contribution in [-0.4, -0.2) is 9.97 Å². The molecule has 94 valence electrons. The van der Waals surface area contributed by atoms with Gasteiger partial charge in [-0.25, -0.2) is 9.78 Å². The first kappa shape index (κ1) is 12.2. The molecule has 0 fully saturated rings. The zero-order valence-electron chi connectivity index (χ0n) is 8.95. The lowest BCUT2D eigenvalue weighted by Crippen LogP contribution is -2.12. The number of anilines is 1. The second-order valence-electron chi connectivity index (χ2n) is 3.59. The molecule has 1 heterocycles. The molecule has 0 aliphatic heterocycles. The van der Waals surface area contributed by atoms with Gasteiger partial charge in [-0.3, -0.25) is 4.98 Å². The van der Waals surface area contributed by atoms with Crippen LogP contribution < -0.4 is 11.4 Å². The van der Waals surface area contributed by atoms with Crippen LogP contribution in [0.25, 0.3) is 11.1 Å². The van der Waals surface area contributed by atoms with E-state index < -0.39 is 17.4 Å². The van der Waals surface area contributed by atoms with E-state index in [4.69, 9.17) is 5.73 Å². The highest BCUT2D eigenvalue weighted by Gasteiger charge is 2.30. The van der Waals surface area contributed by atoms with Crippen molar-refractivity contribution >= 4 is 5.82 Å². The van der Waals surface area contributed by atoms with Gasteiger partial charge in [0.15, 0.2) is 0 Å². The van der Waals surface area contributed by atoms with Crippen LogP contribution in [0.2, 0.25) is 0 Å². The quantitative estimate of drug-likeness (QED) is 0.819. The van der Waals surface area contributed by atoms with E-state index in [-0.39, 0.29) is 16.9 Å². The number of hydrogen-bond acceptors (Lipinski definition) is 3. The van der Waals surface area contributed by atoms with Gasteiger partial charge in [-0.2, -0.15) is 13.2 Å². The Morgan fingerprint density at radius 1 is 1.28 bits per heavy atom. The number of nitrogens with two attached hydrogens (primary N) is 1. The molecule has 0 bridgehead atoms. The molecule has 0 saturated carbocycles. The molecule has 4 nitrogen and oxygen atoms in total. The van der Waals surface area contributed by atoms with Gasteiger partial charge in [0.2, 0.25) is 0 Å². The predicted octanol–water partition coefficient (Wildman–Crippen LogP) is 2.04. The van der Waals surface area contributed by atoms with Crippen molar-refractivity contribution in [2.24, 2.45) is 0 Å². The summed E-state index contributed by atoms with van der Waals surface area (Å²) in [7, 11) is 0. The predicted molar refractivity (Wildman–Crippen MR) is 59.7 cm³/mol. The lowest BCUT2D eigenvalue weighted by atomic mass is 10.0. The van der Waals surface area contributed by atoms with Gasteiger partial charge in [-0.05, 0) is 17.7 Å². The normalized spacial score (nSPS) is 11.5. The van der Waals surface area contributed by atoms with Gasteiger partial charge in [0, 0.05) is 11.8 Å². The minimum Gasteiger partial charge on any atom is -0.385 e. The summed E-state index contributed by atoms with van der Waals surface area (Å²) in [6.07, 6.45) is -3.29. The van der Waals surface area contributed by atoms with Crippen LogP contribution >= 0.6 is 0 Å². The molecule has 7 heteroatoms. The fraction of sp³-hybridized carbons (Fsp3) is 0.0909. The second kappa shape index (κ2) is 4.17. The average molecular weight is 255 g/mol. The molecule has 0 aliphatic rings. The number of halogens is 3. The topological polar surface area (TPSA) is 71.8 Å². The van der Waals surface area contributed by atoms with Crippen molar-refractivity contribution < 1.29 is 13.2 Å². The van der Waals surface area contributed by atoms with E-state index in [9.17, 15) is 18.0 Å². The Morgan fingerprint density at radius 3 is 2.61 bits per heavy atom. The Balaban J connectivity index is 2.55. The molecule has 0 spiro atoms. The number of aromatic nitrogens is 2. The minimum absolute atomic E-state index is 0.0191. The summed E-state index contributed by atoms with van der Waals surface area (Å²) >= 11 is 0. The van der Waals surface area contributed by atoms with Crippen molar-refractivity contribution in [3.05, 3.63) is 46.5 Å². The minimum atomic E-state index is -4.43. The number of nitrogens with zero attached hydrogens (tertiary/aromatic N) is 1. The van der Waals surface area contributed by atoms with Crippen molar-refractivity contribution in [3.8, 4) is 11.1 Å². The summed E-state index contributed by atoms with van der Waals surface area (Å²) in [6.45, 7) is 0. The fourth-order valence-corrected chi connectivity index (χ4v) is 1.50. The van der Waals surface area contributed by atoms with E-state index in [1.807, 2.05) is 0 Å². The third kappa shape index (κ3) is 2.34. The molecule has 1 aromatic heterocycles. The Kier molecular flexibility index (Phi) is 2.82. The van der Waals surface area contributed by atoms with Crippen LogP contribution in [0.4, 0.5) is 19.0 Å². The number of H-pyrrole nitrogens is 1. The maximum atomic E-state index is 12.5. The van der Waals surface area contributed by atoms with Crippen molar-refractivity contribution in [1.29, 1.82) is 0 Å². The second-order valence-corrected chi connectivity index (χ2v) is 3.59. The molecule has 0 aliphatic carbocycles. The van der Waals surface area contributed by atoms with E-state index in [1.54, 1.807) is 0 Å². The highest BCUT2D eigenvalue weighted by atomic mass is 19.4. The van der Waals surface area contributed by atoms with Crippen LogP contribution in [0.15, 0.2) is 35.3 Å². The number of hydrogen-bond donors (Lipinski definition) is 2. The summed E-state index contributed by atoms with van der Waals surface area (Å²) < 4.78 is 37.6. The van der Waals surface area contributed by atoms with Gasteiger partial charge in [0.1, 0.15) is 5.82 Å². The fourth-order valence-electron chi connectivity index (χ4n) is 1.50. The molecule has 0 saturated heterocycles. The summed E-state index contributed by atoms with van der Waals surface area (Å²) in [5.74, 6) is -0.0191. The number of nitrogens with one attached hydrogen (secondary N) is 1. The Labute approximate surface area is 99.3 Å². The molecule has 0 radical (unpaired) electrons. The first-order valence-electron chi connectivity index (χ1n) is 4.90. The SMILES string of the molecule is Nc1[nH]c(=O)ncc1-c1cccc(C(F)(F)F)c1. The molecule has 2 aromatic rings.